The average Bonchev–Trinajstić information content (AvgIpc) is 1.96. The van der Waals surface area contributed by atoms with Gasteiger partial charge in [-0.05, 0) is 20.3 Å². The van der Waals surface area contributed by atoms with Gasteiger partial charge in [0.25, 0.3) is 5.92 Å². The molecule has 0 N–H and O–H groups in total. The van der Waals surface area contributed by atoms with Crippen LogP contribution in [0.25, 0.3) is 0 Å². The molecule has 0 bridgehead atoms. The van der Waals surface area contributed by atoms with E-state index < -0.39 is 18.1 Å². The van der Waals surface area contributed by atoms with Crippen molar-refractivity contribution in [1.82, 2.24) is 0 Å². The van der Waals surface area contributed by atoms with Crippen molar-refractivity contribution in [2.24, 2.45) is 0 Å². The molecule has 70 valence electrons. The molecule has 1 heterocycles. The van der Waals surface area contributed by atoms with E-state index in [1.54, 1.807) is 6.92 Å². The second-order valence-corrected chi connectivity index (χ2v) is 3.43. The lowest BCUT2D eigenvalue weighted by Gasteiger charge is -2.35. The lowest BCUT2D eigenvalue weighted by molar-refractivity contribution is -0.186. The number of carbonyl (C=O) groups excluding carboxylic acids is 1. The Labute approximate surface area is 69.9 Å². The van der Waals surface area contributed by atoms with Crippen molar-refractivity contribution < 1.29 is 18.3 Å². The third kappa shape index (κ3) is 1.80. The van der Waals surface area contributed by atoms with Crippen LogP contribution < -0.4 is 0 Å². The van der Waals surface area contributed by atoms with Gasteiger partial charge in [0.15, 0.2) is 5.78 Å². The van der Waals surface area contributed by atoms with Gasteiger partial charge in [-0.15, -0.1) is 0 Å². The van der Waals surface area contributed by atoms with Gasteiger partial charge in [-0.25, -0.2) is 8.78 Å². The zero-order chi connectivity index (χ0) is 9.41. The molecule has 1 rings (SSSR count). The Hall–Kier alpha value is -0.510. The van der Waals surface area contributed by atoms with E-state index in [-0.39, 0.29) is 18.6 Å². The molecular formula is C8H12F2O2. The highest BCUT2D eigenvalue weighted by molar-refractivity contribution is 5.84. The van der Waals surface area contributed by atoms with Crippen LogP contribution in [-0.4, -0.2) is 23.9 Å². The summed E-state index contributed by atoms with van der Waals surface area (Å²) < 4.78 is 30.0. The van der Waals surface area contributed by atoms with Crippen molar-refractivity contribution in [3.63, 3.8) is 0 Å². The number of Topliss-reactive ketones (excluding diaryl/α,β-unsaturated/α-hetero) is 1. The zero-order valence-corrected chi connectivity index (χ0v) is 7.19. The Kier molecular flexibility index (Phi) is 2.21. The number of rotatable bonds is 1. The van der Waals surface area contributed by atoms with Crippen molar-refractivity contribution in [3.8, 4) is 0 Å². The summed E-state index contributed by atoms with van der Waals surface area (Å²) >= 11 is 0. The summed E-state index contributed by atoms with van der Waals surface area (Å²) in [5.74, 6) is -2.94. The first-order valence-electron chi connectivity index (χ1n) is 3.89. The summed E-state index contributed by atoms with van der Waals surface area (Å²) in [5.41, 5.74) is -0.984. The van der Waals surface area contributed by atoms with Gasteiger partial charge in [0.2, 0.25) is 0 Å². The normalized spacial score (nSPS) is 34.7. The molecule has 4 heteroatoms. The van der Waals surface area contributed by atoms with Crippen molar-refractivity contribution in [3.05, 3.63) is 0 Å². The predicted molar refractivity (Wildman–Crippen MR) is 39.2 cm³/mol. The Bertz CT molecular complexity index is 191. The minimum Gasteiger partial charge on any atom is -0.361 e. The smallest absolute Gasteiger partial charge is 0.271 e. The maximum Gasteiger partial charge on any atom is 0.271 e. The molecule has 0 saturated carbocycles. The molecule has 0 amide bonds. The van der Waals surface area contributed by atoms with Crippen LogP contribution in [-0.2, 0) is 9.53 Å². The monoisotopic (exact) mass is 178 g/mol. The van der Waals surface area contributed by atoms with E-state index >= 15 is 0 Å². The van der Waals surface area contributed by atoms with E-state index in [1.807, 2.05) is 0 Å². The van der Waals surface area contributed by atoms with Crippen molar-refractivity contribution in [2.45, 2.75) is 38.2 Å². The van der Waals surface area contributed by atoms with E-state index in [0.29, 0.717) is 0 Å². The Morgan fingerprint density at radius 3 is 2.33 bits per heavy atom. The van der Waals surface area contributed by atoms with Crippen molar-refractivity contribution >= 4 is 5.78 Å². The number of ketones is 1. The van der Waals surface area contributed by atoms with Crippen LogP contribution in [0.1, 0.15) is 26.7 Å². The van der Waals surface area contributed by atoms with Gasteiger partial charge in [0.05, 0.1) is 0 Å². The molecule has 0 radical (unpaired) electrons. The van der Waals surface area contributed by atoms with Crippen LogP contribution in [0.5, 0.6) is 0 Å². The highest BCUT2D eigenvalue weighted by Gasteiger charge is 2.44. The number of ether oxygens (including phenoxy) is 1. The van der Waals surface area contributed by atoms with Crippen LogP contribution in [0.4, 0.5) is 8.78 Å². The summed E-state index contributed by atoms with van der Waals surface area (Å²) in [6, 6.07) is 0. The van der Waals surface area contributed by atoms with E-state index in [2.05, 4.69) is 0 Å². The predicted octanol–water partition coefficient (Wildman–Crippen LogP) is 1.78. The SMILES string of the molecule is CC(=O)C1(C)CCC(F)(F)CO1. The van der Waals surface area contributed by atoms with Gasteiger partial charge >= 0.3 is 0 Å². The number of halogens is 2. The van der Waals surface area contributed by atoms with Crippen LogP contribution in [0.15, 0.2) is 0 Å². The molecule has 12 heavy (non-hydrogen) atoms. The van der Waals surface area contributed by atoms with Crippen LogP contribution >= 0.6 is 0 Å². The minimum absolute atomic E-state index is 0.106. The topological polar surface area (TPSA) is 26.3 Å². The Morgan fingerprint density at radius 1 is 1.42 bits per heavy atom. The largest absolute Gasteiger partial charge is 0.361 e. The molecule has 0 aromatic rings. The standard InChI is InChI=1S/C8H12F2O2/c1-6(11)7(2)3-4-8(9,10)5-12-7/h3-5H2,1-2H3. The van der Waals surface area contributed by atoms with Gasteiger partial charge in [-0.2, -0.15) is 0 Å². The third-order valence-corrected chi connectivity index (χ3v) is 2.31. The average molecular weight is 178 g/mol. The molecule has 1 atom stereocenters. The first-order valence-corrected chi connectivity index (χ1v) is 3.89. The molecule has 1 fully saturated rings. The lowest BCUT2D eigenvalue weighted by Crippen LogP contribution is -2.46. The maximum absolute atomic E-state index is 12.6. The number of alkyl halides is 2. The second kappa shape index (κ2) is 2.76. The summed E-state index contributed by atoms with van der Waals surface area (Å²) in [5, 5.41) is 0. The zero-order valence-electron chi connectivity index (χ0n) is 7.19. The fourth-order valence-corrected chi connectivity index (χ4v) is 1.11. The molecule has 1 aliphatic rings. The van der Waals surface area contributed by atoms with Gasteiger partial charge < -0.3 is 4.74 Å². The minimum atomic E-state index is -2.76. The molecule has 2 nitrogen and oxygen atoms in total. The quantitative estimate of drug-likeness (QED) is 0.611. The van der Waals surface area contributed by atoms with E-state index in [4.69, 9.17) is 4.74 Å². The van der Waals surface area contributed by atoms with Gasteiger partial charge in [0, 0.05) is 6.42 Å². The summed E-state index contributed by atoms with van der Waals surface area (Å²) in [6.45, 7) is 2.29. The third-order valence-electron chi connectivity index (χ3n) is 2.31. The second-order valence-electron chi connectivity index (χ2n) is 3.43. The molecule has 0 spiro atoms. The molecule has 0 aliphatic carbocycles. The van der Waals surface area contributed by atoms with Crippen molar-refractivity contribution in [1.29, 1.82) is 0 Å². The lowest BCUT2D eigenvalue weighted by atomic mass is 9.91. The van der Waals surface area contributed by atoms with E-state index in [9.17, 15) is 13.6 Å². The molecule has 0 aromatic heterocycles. The first-order chi connectivity index (χ1) is 5.36. The van der Waals surface area contributed by atoms with Gasteiger partial charge in [-0.1, -0.05) is 0 Å². The Balaban J connectivity index is 2.62. The number of carbonyl (C=O) groups is 1. The Morgan fingerprint density at radius 2 is 2.00 bits per heavy atom. The molecule has 1 unspecified atom stereocenters. The maximum atomic E-state index is 12.6. The molecular weight excluding hydrogens is 166 g/mol. The fraction of sp³-hybridized carbons (Fsp3) is 0.875. The number of hydrogen-bond acceptors (Lipinski definition) is 2. The van der Waals surface area contributed by atoms with E-state index in [0.717, 1.165) is 0 Å². The first kappa shape index (κ1) is 9.58. The van der Waals surface area contributed by atoms with Gasteiger partial charge in [0.1, 0.15) is 12.2 Å². The highest BCUT2D eigenvalue weighted by Crippen LogP contribution is 2.34. The molecule has 1 aliphatic heterocycles. The summed E-state index contributed by atoms with van der Waals surface area (Å²) in [4.78, 5) is 11.0. The fourth-order valence-electron chi connectivity index (χ4n) is 1.11. The molecule has 0 aromatic carbocycles. The van der Waals surface area contributed by atoms with Crippen LogP contribution in [0.2, 0.25) is 0 Å². The molecule has 1 saturated heterocycles. The van der Waals surface area contributed by atoms with Crippen LogP contribution in [0.3, 0.4) is 0 Å². The van der Waals surface area contributed by atoms with Crippen molar-refractivity contribution in [2.75, 3.05) is 6.61 Å². The van der Waals surface area contributed by atoms with Crippen LogP contribution in [0, 0.1) is 0 Å². The summed E-state index contributed by atoms with van der Waals surface area (Å²) in [7, 11) is 0. The van der Waals surface area contributed by atoms with Gasteiger partial charge in [-0.3, -0.25) is 4.79 Å². The number of hydrogen-bond donors (Lipinski definition) is 0. The highest BCUT2D eigenvalue weighted by atomic mass is 19.3. The summed E-state index contributed by atoms with van der Waals surface area (Å²) in [6.07, 6.45) is -0.154. The van der Waals surface area contributed by atoms with E-state index in [1.165, 1.54) is 6.92 Å².